The van der Waals surface area contributed by atoms with E-state index in [-0.39, 0.29) is 18.2 Å². The molecule has 1 aromatic carbocycles. The van der Waals surface area contributed by atoms with Gasteiger partial charge in [0, 0.05) is 31.3 Å². The normalized spacial score (nSPS) is 15.4. The van der Waals surface area contributed by atoms with E-state index < -0.39 is 5.97 Å². The van der Waals surface area contributed by atoms with E-state index in [1.54, 1.807) is 4.90 Å². The average molecular weight is 344 g/mol. The maximum atomic E-state index is 12.5. The van der Waals surface area contributed by atoms with Gasteiger partial charge in [-0.1, -0.05) is 30.3 Å². The topological polar surface area (TPSA) is 70.5 Å². The Labute approximate surface area is 145 Å². The standard InChI is InChI=1S/C18H20N2O3S/c21-17(22)11-14-6-8-20(9-7-14)18(23)15-12-24-16(19-15)10-13-4-2-1-3-5-13/h1-5,12,14H,6-11H2,(H,21,22). The number of aromatic nitrogens is 1. The van der Waals surface area contributed by atoms with Crippen molar-refractivity contribution in [1.82, 2.24) is 9.88 Å². The Balaban J connectivity index is 1.57. The van der Waals surface area contributed by atoms with Crippen molar-refractivity contribution in [3.63, 3.8) is 0 Å². The molecule has 2 heterocycles. The van der Waals surface area contributed by atoms with E-state index in [0.717, 1.165) is 24.3 Å². The third-order valence-corrected chi connectivity index (χ3v) is 5.18. The molecule has 1 aromatic heterocycles. The molecule has 3 rings (SSSR count). The molecule has 0 saturated carbocycles. The van der Waals surface area contributed by atoms with E-state index in [1.807, 2.05) is 23.6 Å². The van der Waals surface area contributed by atoms with Crippen molar-refractivity contribution < 1.29 is 14.7 Å². The van der Waals surface area contributed by atoms with E-state index in [2.05, 4.69) is 17.1 Å². The summed E-state index contributed by atoms with van der Waals surface area (Å²) in [5.41, 5.74) is 1.68. The summed E-state index contributed by atoms with van der Waals surface area (Å²) in [5, 5.41) is 11.6. The predicted octanol–water partition coefficient (Wildman–Crippen LogP) is 3.06. The van der Waals surface area contributed by atoms with Crippen LogP contribution in [0.2, 0.25) is 0 Å². The number of carbonyl (C=O) groups excluding carboxylic acids is 1. The van der Waals surface area contributed by atoms with Crippen molar-refractivity contribution >= 4 is 23.2 Å². The zero-order chi connectivity index (χ0) is 16.9. The summed E-state index contributed by atoms with van der Waals surface area (Å²) in [5.74, 6) is -0.625. The second-order valence-electron chi connectivity index (χ2n) is 6.12. The third-order valence-electron chi connectivity index (χ3n) is 4.33. The van der Waals surface area contributed by atoms with E-state index >= 15 is 0 Å². The summed E-state index contributed by atoms with van der Waals surface area (Å²) in [7, 11) is 0. The monoisotopic (exact) mass is 344 g/mol. The summed E-state index contributed by atoms with van der Waals surface area (Å²) >= 11 is 1.51. The Morgan fingerprint density at radius 2 is 1.92 bits per heavy atom. The second kappa shape index (κ2) is 7.57. The van der Waals surface area contributed by atoms with Crippen LogP contribution >= 0.6 is 11.3 Å². The molecule has 1 amide bonds. The summed E-state index contributed by atoms with van der Waals surface area (Å²) in [6.07, 6.45) is 2.43. The molecule has 6 heteroatoms. The molecule has 0 spiro atoms. The first kappa shape index (κ1) is 16.6. The van der Waals surface area contributed by atoms with Crippen LogP contribution in [0.3, 0.4) is 0 Å². The number of thiazole rings is 1. The van der Waals surface area contributed by atoms with Crippen molar-refractivity contribution in [3.8, 4) is 0 Å². The summed E-state index contributed by atoms with van der Waals surface area (Å²) in [6.45, 7) is 1.23. The predicted molar refractivity (Wildman–Crippen MR) is 92.2 cm³/mol. The van der Waals surface area contributed by atoms with E-state index in [0.29, 0.717) is 18.8 Å². The smallest absolute Gasteiger partial charge is 0.303 e. The molecule has 1 aliphatic rings. The zero-order valence-electron chi connectivity index (χ0n) is 13.4. The molecular formula is C18H20N2O3S. The van der Waals surface area contributed by atoms with Crippen molar-refractivity contribution in [2.75, 3.05) is 13.1 Å². The van der Waals surface area contributed by atoms with E-state index in [9.17, 15) is 9.59 Å². The Morgan fingerprint density at radius 3 is 2.58 bits per heavy atom. The molecule has 5 nitrogen and oxygen atoms in total. The van der Waals surface area contributed by atoms with Crippen molar-refractivity contribution in [2.45, 2.75) is 25.7 Å². The largest absolute Gasteiger partial charge is 0.481 e. The van der Waals surface area contributed by atoms with Gasteiger partial charge in [0.2, 0.25) is 0 Å². The molecule has 0 atom stereocenters. The van der Waals surface area contributed by atoms with Gasteiger partial charge < -0.3 is 10.0 Å². The van der Waals surface area contributed by atoms with Crippen molar-refractivity contribution in [3.05, 3.63) is 52.0 Å². The fourth-order valence-corrected chi connectivity index (χ4v) is 3.81. The Morgan fingerprint density at radius 1 is 1.21 bits per heavy atom. The lowest BCUT2D eigenvalue weighted by molar-refractivity contribution is -0.138. The zero-order valence-corrected chi connectivity index (χ0v) is 14.2. The summed E-state index contributed by atoms with van der Waals surface area (Å²) in [6, 6.07) is 10.1. The maximum Gasteiger partial charge on any atom is 0.303 e. The van der Waals surface area contributed by atoms with Gasteiger partial charge in [0.25, 0.3) is 5.91 Å². The van der Waals surface area contributed by atoms with Crippen LogP contribution in [0.1, 0.15) is 40.3 Å². The van der Waals surface area contributed by atoms with Gasteiger partial charge in [-0.05, 0) is 24.3 Å². The van der Waals surface area contributed by atoms with Crippen LogP contribution in [-0.2, 0) is 11.2 Å². The number of nitrogens with zero attached hydrogens (tertiary/aromatic N) is 2. The van der Waals surface area contributed by atoms with Gasteiger partial charge in [-0.3, -0.25) is 9.59 Å². The minimum absolute atomic E-state index is 0.0423. The molecule has 1 fully saturated rings. The fourth-order valence-electron chi connectivity index (χ4n) is 3.01. The number of hydrogen-bond donors (Lipinski definition) is 1. The number of carboxylic acid groups (broad SMARTS) is 1. The lowest BCUT2D eigenvalue weighted by atomic mass is 9.93. The highest BCUT2D eigenvalue weighted by atomic mass is 32.1. The summed E-state index contributed by atoms with van der Waals surface area (Å²) < 4.78 is 0. The summed E-state index contributed by atoms with van der Waals surface area (Å²) in [4.78, 5) is 29.6. The number of amides is 1. The Hall–Kier alpha value is -2.21. The Kier molecular flexibility index (Phi) is 5.25. The van der Waals surface area contributed by atoms with Gasteiger partial charge in [-0.25, -0.2) is 4.98 Å². The van der Waals surface area contributed by atoms with Crippen LogP contribution in [0.25, 0.3) is 0 Å². The minimum Gasteiger partial charge on any atom is -0.481 e. The molecule has 0 aliphatic carbocycles. The first-order valence-corrected chi connectivity index (χ1v) is 8.99. The van der Waals surface area contributed by atoms with Gasteiger partial charge in [-0.2, -0.15) is 0 Å². The van der Waals surface area contributed by atoms with Crippen LogP contribution in [0.15, 0.2) is 35.7 Å². The van der Waals surface area contributed by atoms with E-state index in [4.69, 9.17) is 5.11 Å². The number of benzene rings is 1. The highest BCUT2D eigenvalue weighted by Gasteiger charge is 2.26. The first-order valence-electron chi connectivity index (χ1n) is 8.11. The minimum atomic E-state index is -0.759. The molecule has 0 unspecified atom stereocenters. The van der Waals surface area contributed by atoms with Crippen molar-refractivity contribution in [2.24, 2.45) is 5.92 Å². The van der Waals surface area contributed by atoms with Gasteiger partial charge in [0.1, 0.15) is 5.69 Å². The molecule has 0 bridgehead atoms. The lowest BCUT2D eigenvalue weighted by Gasteiger charge is -2.30. The fraction of sp³-hybridized carbons (Fsp3) is 0.389. The number of rotatable bonds is 5. The number of likely N-dealkylation sites (tertiary alicyclic amines) is 1. The molecule has 24 heavy (non-hydrogen) atoms. The lowest BCUT2D eigenvalue weighted by Crippen LogP contribution is -2.39. The molecule has 126 valence electrons. The highest BCUT2D eigenvalue weighted by molar-refractivity contribution is 7.09. The number of piperidine rings is 1. The quantitative estimate of drug-likeness (QED) is 0.905. The SMILES string of the molecule is O=C(O)CC1CCN(C(=O)c2csc(Cc3ccccc3)n2)CC1. The molecular weight excluding hydrogens is 324 g/mol. The van der Waals surface area contributed by atoms with Crippen LogP contribution in [0.5, 0.6) is 0 Å². The van der Waals surface area contributed by atoms with Crippen LogP contribution < -0.4 is 0 Å². The second-order valence-corrected chi connectivity index (χ2v) is 7.06. The van der Waals surface area contributed by atoms with Gasteiger partial charge in [0.05, 0.1) is 5.01 Å². The van der Waals surface area contributed by atoms with Crippen LogP contribution in [0, 0.1) is 5.92 Å². The molecule has 1 saturated heterocycles. The third kappa shape index (κ3) is 4.20. The Bertz CT molecular complexity index is 706. The van der Waals surface area contributed by atoms with E-state index in [1.165, 1.54) is 16.9 Å². The van der Waals surface area contributed by atoms with Gasteiger partial charge in [-0.15, -0.1) is 11.3 Å². The van der Waals surface area contributed by atoms with Crippen LogP contribution in [-0.4, -0.2) is 40.0 Å². The van der Waals surface area contributed by atoms with Gasteiger partial charge >= 0.3 is 5.97 Å². The molecule has 1 N–H and O–H groups in total. The maximum absolute atomic E-state index is 12.5. The molecule has 0 radical (unpaired) electrons. The first-order chi connectivity index (χ1) is 11.6. The highest BCUT2D eigenvalue weighted by Crippen LogP contribution is 2.23. The van der Waals surface area contributed by atoms with Gasteiger partial charge in [0.15, 0.2) is 0 Å². The molecule has 2 aromatic rings. The number of carbonyl (C=O) groups is 2. The van der Waals surface area contributed by atoms with Crippen molar-refractivity contribution in [1.29, 1.82) is 0 Å². The number of aliphatic carboxylic acids is 1. The average Bonchev–Trinajstić information content (AvgIpc) is 3.04. The number of hydrogen-bond acceptors (Lipinski definition) is 4. The number of carboxylic acids is 1. The van der Waals surface area contributed by atoms with Crippen LogP contribution in [0.4, 0.5) is 0 Å². The molecule has 1 aliphatic heterocycles.